The minimum absolute atomic E-state index is 0.166. The molecule has 1 fully saturated rings. The molecule has 6 heteroatoms. The second-order valence-electron chi connectivity index (χ2n) is 5.44. The number of rotatable bonds is 3. The summed E-state index contributed by atoms with van der Waals surface area (Å²) in [5.41, 5.74) is 1.44. The lowest BCUT2D eigenvalue weighted by atomic mass is 10.0. The third-order valence-corrected chi connectivity index (χ3v) is 3.75. The summed E-state index contributed by atoms with van der Waals surface area (Å²) in [5, 5.41) is 13.7. The molecule has 1 N–H and O–H groups in total. The molecule has 2 unspecified atom stereocenters. The summed E-state index contributed by atoms with van der Waals surface area (Å²) in [6.07, 6.45) is -0.00908. The predicted octanol–water partition coefficient (Wildman–Crippen LogP) is 2.57. The van der Waals surface area contributed by atoms with E-state index >= 15 is 0 Å². The number of aliphatic hydroxyl groups is 1. The molecule has 2 heterocycles. The normalized spacial score (nSPS) is 22.9. The van der Waals surface area contributed by atoms with Crippen molar-refractivity contribution in [1.82, 2.24) is 10.1 Å². The molecule has 0 saturated carbocycles. The quantitative estimate of drug-likeness (QED) is 0.945. The smallest absolute Gasteiger partial charge is 0.159 e. The molecule has 1 saturated heterocycles. The fourth-order valence-electron chi connectivity index (χ4n) is 2.81. The molecule has 0 spiro atoms. The van der Waals surface area contributed by atoms with Crippen LogP contribution in [0.15, 0.2) is 28.8 Å². The van der Waals surface area contributed by atoms with Crippen LogP contribution in [0.3, 0.4) is 0 Å². The number of β-amino-alcohol motifs (C(OH)–C–C–N with tert-alkyl or cyclic N) is 1. The molecule has 0 aliphatic carbocycles. The first-order valence-corrected chi connectivity index (χ1v) is 6.82. The molecule has 112 valence electrons. The molecule has 2 aromatic rings. The van der Waals surface area contributed by atoms with E-state index in [-0.39, 0.29) is 6.04 Å². The zero-order valence-corrected chi connectivity index (χ0v) is 11.6. The number of benzene rings is 1. The molecular weight excluding hydrogens is 278 g/mol. The fraction of sp³-hybridized carbons (Fsp3) is 0.400. The third kappa shape index (κ3) is 2.96. The van der Waals surface area contributed by atoms with Crippen molar-refractivity contribution < 1.29 is 18.4 Å². The highest BCUT2D eigenvalue weighted by molar-refractivity contribution is 5.23. The minimum atomic E-state index is -0.871. The third-order valence-electron chi connectivity index (χ3n) is 3.75. The minimum Gasteiger partial charge on any atom is -0.392 e. The molecule has 2 atom stereocenters. The number of hydrogen-bond acceptors (Lipinski definition) is 4. The number of aliphatic hydroxyl groups excluding tert-OH is 1. The van der Waals surface area contributed by atoms with Gasteiger partial charge in [0, 0.05) is 18.7 Å². The summed E-state index contributed by atoms with van der Waals surface area (Å²) in [6, 6.07) is 5.52. The Morgan fingerprint density at radius 3 is 2.81 bits per heavy atom. The van der Waals surface area contributed by atoms with Crippen LogP contribution in [0.2, 0.25) is 0 Å². The number of likely N-dealkylation sites (tertiary alicyclic amines) is 1. The van der Waals surface area contributed by atoms with Crippen molar-refractivity contribution in [2.24, 2.45) is 0 Å². The number of aryl methyl sites for hydroxylation is 1. The van der Waals surface area contributed by atoms with Crippen LogP contribution >= 0.6 is 0 Å². The maximum absolute atomic E-state index is 13.4. The van der Waals surface area contributed by atoms with E-state index < -0.39 is 17.7 Å². The summed E-state index contributed by atoms with van der Waals surface area (Å²) >= 11 is 0. The van der Waals surface area contributed by atoms with E-state index in [2.05, 4.69) is 5.16 Å². The summed E-state index contributed by atoms with van der Waals surface area (Å²) in [5.74, 6) is -1.05. The summed E-state index contributed by atoms with van der Waals surface area (Å²) < 4.78 is 31.6. The van der Waals surface area contributed by atoms with Crippen LogP contribution in [0.5, 0.6) is 0 Å². The predicted molar refractivity (Wildman–Crippen MR) is 71.4 cm³/mol. The molecule has 0 bridgehead atoms. The van der Waals surface area contributed by atoms with Gasteiger partial charge >= 0.3 is 0 Å². The first-order chi connectivity index (χ1) is 10.0. The second kappa shape index (κ2) is 5.54. The molecule has 1 aromatic heterocycles. The van der Waals surface area contributed by atoms with Crippen molar-refractivity contribution in [3.8, 4) is 0 Å². The van der Waals surface area contributed by atoms with Crippen molar-refractivity contribution >= 4 is 0 Å². The fourth-order valence-corrected chi connectivity index (χ4v) is 2.81. The lowest BCUT2D eigenvalue weighted by Crippen LogP contribution is -2.24. The van der Waals surface area contributed by atoms with Crippen LogP contribution in [0.4, 0.5) is 8.78 Å². The topological polar surface area (TPSA) is 49.5 Å². The number of halogens is 2. The number of nitrogens with zero attached hydrogens (tertiary/aromatic N) is 2. The molecule has 1 aliphatic heterocycles. The van der Waals surface area contributed by atoms with Gasteiger partial charge in [-0.1, -0.05) is 11.2 Å². The second-order valence-corrected chi connectivity index (χ2v) is 5.44. The summed E-state index contributed by atoms with van der Waals surface area (Å²) in [4.78, 5) is 1.98. The molecule has 4 nitrogen and oxygen atoms in total. The van der Waals surface area contributed by atoms with Gasteiger partial charge in [-0.15, -0.1) is 0 Å². The lowest BCUT2D eigenvalue weighted by molar-refractivity contribution is 0.166. The van der Waals surface area contributed by atoms with E-state index in [1.54, 1.807) is 6.07 Å². The van der Waals surface area contributed by atoms with Gasteiger partial charge in [-0.3, -0.25) is 4.90 Å². The average molecular weight is 294 g/mol. The highest BCUT2D eigenvalue weighted by Crippen LogP contribution is 2.34. The van der Waals surface area contributed by atoms with E-state index in [4.69, 9.17) is 4.52 Å². The van der Waals surface area contributed by atoms with Crippen LogP contribution in [0, 0.1) is 18.6 Å². The van der Waals surface area contributed by atoms with Crippen LogP contribution in [0.1, 0.15) is 29.5 Å². The van der Waals surface area contributed by atoms with E-state index in [0.717, 1.165) is 11.8 Å². The van der Waals surface area contributed by atoms with Crippen LogP contribution < -0.4 is 0 Å². The SMILES string of the molecule is Cc1cc(CN2CC(O)CC2c2ccc(F)c(F)c2)on1. The maximum Gasteiger partial charge on any atom is 0.159 e. The van der Waals surface area contributed by atoms with Gasteiger partial charge in [-0.25, -0.2) is 8.78 Å². The Morgan fingerprint density at radius 2 is 2.14 bits per heavy atom. The first-order valence-electron chi connectivity index (χ1n) is 6.82. The average Bonchev–Trinajstić information content (AvgIpc) is 3.00. The largest absolute Gasteiger partial charge is 0.392 e. The Labute approximate surface area is 121 Å². The molecule has 1 aromatic carbocycles. The molecule has 3 rings (SSSR count). The van der Waals surface area contributed by atoms with Crippen molar-refractivity contribution in [2.45, 2.75) is 32.0 Å². The van der Waals surface area contributed by atoms with Crippen molar-refractivity contribution in [3.05, 3.63) is 52.9 Å². The van der Waals surface area contributed by atoms with Gasteiger partial charge in [0.2, 0.25) is 0 Å². The van der Waals surface area contributed by atoms with E-state index in [1.807, 2.05) is 17.9 Å². The standard InChI is InChI=1S/C15H16F2N2O2/c1-9-4-12(21-18-9)8-19-7-11(20)6-15(19)10-2-3-13(16)14(17)5-10/h2-5,11,15,20H,6-8H2,1H3. The van der Waals surface area contributed by atoms with Crippen molar-refractivity contribution in [1.29, 1.82) is 0 Å². The molecule has 21 heavy (non-hydrogen) atoms. The van der Waals surface area contributed by atoms with Gasteiger partial charge in [0.15, 0.2) is 17.4 Å². The van der Waals surface area contributed by atoms with Crippen LogP contribution in [-0.2, 0) is 6.54 Å². The summed E-state index contributed by atoms with van der Waals surface area (Å²) in [6.45, 7) is 2.77. The van der Waals surface area contributed by atoms with Crippen molar-refractivity contribution in [2.75, 3.05) is 6.54 Å². The Hall–Kier alpha value is -1.79. The van der Waals surface area contributed by atoms with Gasteiger partial charge in [-0.2, -0.15) is 0 Å². The van der Waals surface area contributed by atoms with E-state index in [0.29, 0.717) is 30.8 Å². The highest BCUT2D eigenvalue weighted by atomic mass is 19.2. The van der Waals surface area contributed by atoms with Gasteiger partial charge in [0.25, 0.3) is 0 Å². The summed E-state index contributed by atoms with van der Waals surface area (Å²) in [7, 11) is 0. The maximum atomic E-state index is 13.4. The Kier molecular flexibility index (Phi) is 3.73. The Balaban J connectivity index is 1.83. The first kappa shape index (κ1) is 14.2. The van der Waals surface area contributed by atoms with Gasteiger partial charge in [-0.05, 0) is 31.0 Å². The highest BCUT2D eigenvalue weighted by Gasteiger charge is 2.33. The number of hydrogen-bond donors (Lipinski definition) is 1. The Bertz CT molecular complexity index is 644. The zero-order chi connectivity index (χ0) is 15.0. The molecule has 0 radical (unpaired) electrons. The Morgan fingerprint density at radius 1 is 1.33 bits per heavy atom. The van der Waals surface area contributed by atoms with E-state index in [1.165, 1.54) is 6.07 Å². The van der Waals surface area contributed by atoms with E-state index in [9.17, 15) is 13.9 Å². The monoisotopic (exact) mass is 294 g/mol. The lowest BCUT2D eigenvalue weighted by Gasteiger charge is -2.23. The van der Waals surface area contributed by atoms with Crippen LogP contribution in [0.25, 0.3) is 0 Å². The van der Waals surface area contributed by atoms with Crippen LogP contribution in [-0.4, -0.2) is 27.8 Å². The van der Waals surface area contributed by atoms with Gasteiger partial charge in [0.1, 0.15) is 0 Å². The van der Waals surface area contributed by atoms with Gasteiger partial charge < -0.3 is 9.63 Å². The number of aromatic nitrogens is 1. The zero-order valence-electron chi connectivity index (χ0n) is 11.6. The van der Waals surface area contributed by atoms with Gasteiger partial charge in [0.05, 0.1) is 18.3 Å². The van der Waals surface area contributed by atoms with Crippen molar-refractivity contribution in [3.63, 3.8) is 0 Å². The molecule has 1 aliphatic rings. The molecule has 0 amide bonds. The molecular formula is C15H16F2N2O2.